The lowest BCUT2D eigenvalue weighted by atomic mass is 10.1. The third kappa shape index (κ3) is 19.5. The van der Waals surface area contributed by atoms with Crippen molar-refractivity contribution in [2.24, 2.45) is 9.98 Å². The van der Waals surface area contributed by atoms with Gasteiger partial charge in [-0.1, -0.05) is 52.4 Å². The van der Waals surface area contributed by atoms with Crippen LogP contribution in [0.3, 0.4) is 0 Å². The Hall–Kier alpha value is -0.700. The number of aliphatic imine (C=N–C) groups is 2. The summed E-state index contributed by atoms with van der Waals surface area (Å²) in [6.45, 7) is 13.1. The number of nitrogens with one attached hydrogen (secondary N) is 1. The standard InChI is InChI=1S/C22H45N3/c1-5-21(3)24-19-15-11-7-9-13-17-23-18-14-10-8-12-16-20-25-22(4)6-2/h23H,5-20H2,1-4H3. The van der Waals surface area contributed by atoms with Crippen molar-refractivity contribution in [1.82, 2.24) is 5.32 Å². The summed E-state index contributed by atoms with van der Waals surface area (Å²) in [5.41, 5.74) is 2.59. The first kappa shape index (κ1) is 24.3. The maximum Gasteiger partial charge on any atom is 0.0388 e. The van der Waals surface area contributed by atoms with Crippen LogP contribution >= 0.6 is 0 Å². The van der Waals surface area contributed by atoms with E-state index in [0.29, 0.717) is 0 Å². The molecule has 0 amide bonds. The van der Waals surface area contributed by atoms with Crippen LogP contribution in [0.2, 0.25) is 0 Å². The van der Waals surface area contributed by atoms with Gasteiger partial charge in [0.25, 0.3) is 0 Å². The molecule has 0 saturated carbocycles. The minimum Gasteiger partial charge on any atom is -0.317 e. The molecule has 0 atom stereocenters. The van der Waals surface area contributed by atoms with Crippen LogP contribution in [0.5, 0.6) is 0 Å². The molecule has 148 valence electrons. The second kappa shape index (κ2) is 19.6. The molecule has 0 radical (unpaired) electrons. The highest BCUT2D eigenvalue weighted by Crippen LogP contribution is 2.04. The van der Waals surface area contributed by atoms with E-state index < -0.39 is 0 Å². The van der Waals surface area contributed by atoms with E-state index in [0.717, 1.165) is 25.9 Å². The molecule has 0 aliphatic carbocycles. The van der Waals surface area contributed by atoms with Gasteiger partial charge in [0, 0.05) is 24.5 Å². The number of nitrogens with zero attached hydrogens (tertiary/aromatic N) is 2. The van der Waals surface area contributed by atoms with Crippen LogP contribution in [0.25, 0.3) is 0 Å². The summed E-state index contributed by atoms with van der Waals surface area (Å²) < 4.78 is 0. The molecule has 0 aromatic rings. The fourth-order valence-electron chi connectivity index (χ4n) is 2.67. The summed E-state index contributed by atoms with van der Waals surface area (Å²) in [5, 5.41) is 3.59. The molecule has 0 fully saturated rings. The number of hydrogen-bond acceptors (Lipinski definition) is 3. The van der Waals surface area contributed by atoms with E-state index in [9.17, 15) is 0 Å². The molecule has 25 heavy (non-hydrogen) atoms. The lowest BCUT2D eigenvalue weighted by Gasteiger charge is -2.05. The van der Waals surface area contributed by atoms with Gasteiger partial charge < -0.3 is 5.32 Å². The molecule has 3 heteroatoms. The Kier molecular flexibility index (Phi) is 19.1. The molecule has 0 rings (SSSR count). The Morgan fingerprint density at radius 1 is 0.560 bits per heavy atom. The van der Waals surface area contributed by atoms with Crippen LogP contribution in [0.1, 0.15) is 105 Å². The second-order valence-electron chi connectivity index (χ2n) is 7.23. The molecular formula is C22H45N3. The van der Waals surface area contributed by atoms with Crippen molar-refractivity contribution in [1.29, 1.82) is 0 Å². The van der Waals surface area contributed by atoms with Crippen LogP contribution in [-0.2, 0) is 0 Å². The lowest BCUT2D eigenvalue weighted by Crippen LogP contribution is -2.16. The van der Waals surface area contributed by atoms with Gasteiger partial charge in [-0.15, -0.1) is 0 Å². The van der Waals surface area contributed by atoms with E-state index in [2.05, 4.69) is 43.0 Å². The Morgan fingerprint density at radius 2 is 0.920 bits per heavy atom. The minimum absolute atomic E-state index is 1.03. The fraction of sp³-hybridized carbons (Fsp3) is 0.909. The molecule has 0 aromatic heterocycles. The highest BCUT2D eigenvalue weighted by atomic mass is 14.8. The van der Waals surface area contributed by atoms with E-state index >= 15 is 0 Å². The monoisotopic (exact) mass is 351 g/mol. The van der Waals surface area contributed by atoms with Crippen LogP contribution in [0.15, 0.2) is 9.98 Å². The summed E-state index contributed by atoms with van der Waals surface area (Å²) in [7, 11) is 0. The summed E-state index contributed by atoms with van der Waals surface area (Å²) in [6, 6.07) is 0. The zero-order valence-electron chi connectivity index (χ0n) is 17.7. The van der Waals surface area contributed by atoms with Gasteiger partial charge in [-0.3, -0.25) is 9.98 Å². The van der Waals surface area contributed by atoms with Crippen LogP contribution in [0, 0.1) is 0 Å². The topological polar surface area (TPSA) is 36.8 Å². The largest absolute Gasteiger partial charge is 0.317 e. The summed E-state index contributed by atoms with van der Waals surface area (Å²) in [5.74, 6) is 0. The first-order valence-corrected chi connectivity index (χ1v) is 10.9. The fourth-order valence-corrected chi connectivity index (χ4v) is 2.67. The van der Waals surface area contributed by atoms with Crippen molar-refractivity contribution < 1.29 is 0 Å². The first-order valence-electron chi connectivity index (χ1n) is 10.9. The van der Waals surface area contributed by atoms with Gasteiger partial charge in [0.15, 0.2) is 0 Å². The molecule has 0 bridgehead atoms. The summed E-state index contributed by atoms with van der Waals surface area (Å²) in [6.07, 6.45) is 15.5. The smallest absolute Gasteiger partial charge is 0.0388 e. The normalized spacial score (nSPS) is 12.8. The molecule has 0 saturated heterocycles. The number of hydrogen-bond donors (Lipinski definition) is 1. The SMILES string of the molecule is CCC(C)=NCCCCCCCNCCCCCCCN=C(C)CC. The molecule has 1 N–H and O–H groups in total. The first-order chi connectivity index (χ1) is 12.2. The molecular weight excluding hydrogens is 306 g/mol. The maximum atomic E-state index is 4.55. The lowest BCUT2D eigenvalue weighted by molar-refractivity contribution is 0.548. The Morgan fingerprint density at radius 3 is 1.32 bits per heavy atom. The second-order valence-corrected chi connectivity index (χ2v) is 7.23. The van der Waals surface area contributed by atoms with E-state index in [1.54, 1.807) is 0 Å². The van der Waals surface area contributed by atoms with Gasteiger partial charge in [-0.25, -0.2) is 0 Å². The van der Waals surface area contributed by atoms with Gasteiger partial charge in [-0.2, -0.15) is 0 Å². The van der Waals surface area contributed by atoms with E-state index in [-0.39, 0.29) is 0 Å². The highest BCUT2D eigenvalue weighted by molar-refractivity contribution is 5.81. The Bertz CT molecular complexity index is 302. The minimum atomic E-state index is 1.03. The zero-order chi connectivity index (χ0) is 18.6. The maximum absolute atomic E-state index is 4.55. The Balaban J connectivity index is 3.12. The van der Waals surface area contributed by atoms with Crippen molar-refractivity contribution in [2.75, 3.05) is 26.2 Å². The molecule has 0 heterocycles. The van der Waals surface area contributed by atoms with Crippen molar-refractivity contribution in [2.45, 2.75) is 105 Å². The average Bonchev–Trinajstić information content (AvgIpc) is 2.63. The molecule has 0 spiro atoms. The van der Waals surface area contributed by atoms with Gasteiger partial charge >= 0.3 is 0 Å². The van der Waals surface area contributed by atoms with Gasteiger partial charge in [0.05, 0.1) is 0 Å². The van der Waals surface area contributed by atoms with Crippen LogP contribution < -0.4 is 5.32 Å². The predicted octanol–water partition coefficient (Wildman–Crippen LogP) is 6.22. The summed E-state index contributed by atoms with van der Waals surface area (Å²) >= 11 is 0. The van der Waals surface area contributed by atoms with E-state index in [4.69, 9.17) is 0 Å². The van der Waals surface area contributed by atoms with Crippen molar-refractivity contribution in [3.05, 3.63) is 0 Å². The molecule has 0 aliphatic rings. The van der Waals surface area contributed by atoms with E-state index in [1.807, 2.05) is 0 Å². The van der Waals surface area contributed by atoms with Crippen LogP contribution in [-0.4, -0.2) is 37.6 Å². The van der Waals surface area contributed by atoms with E-state index in [1.165, 1.54) is 88.7 Å². The van der Waals surface area contributed by atoms with Gasteiger partial charge in [-0.05, 0) is 65.5 Å². The molecule has 0 aromatic carbocycles. The quantitative estimate of drug-likeness (QED) is 0.231. The van der Waals surface area contributed by atoms with Crippen molar-refractivity contribution >= 4 is 11.4 Å². The van der Waals surface area contributed by atoms with Crippen molar-refractivity contribution in [3.8, 4) is 0 Å². The third-order valence-corrected chi connectivity index (χ3v) is 4.81. The number of unbranched alkanes of at least 4 members (excludes halogenated alkanes) is 8. The molecule has 3 nitrogen and oxygen atoms in total. The molecule has 0 aliphatic heterocycles. The summed E-state index contributed by atoms with van der Waals surface area (Å²) in [4.78, 5) is 9.10. The van der Waals surface area contributed by atoms with Crippen LogP contribution in [0.4, 0.5) is 0 Å². The van der Waals surface area contributed by atoms with Gasteiger partial charge in [0.2, 0.25) is 0 Å². The zero-order valence-corrected chi connectivity index (χ0v) is 17.7. The predicted molar refractivity (Wildman–Crippen MR) is 116 cm³/mol. The average molecular weight is 352 g/mol. The highest BCUT2D eigenvalue weighted by Gasteiger charge is 1.94. The molecule has 0 unspecified atom stereocenters. The number of rotatable bonds is 18. The Labute approximate surface area is 158 Å². The third-order valence-electron chi connectivity index (χ3n) is 4.81. The van der Waals surface area contributed by atoms with Crippen molar-refractivity contribution in [3.63, 3.8) is 0 Å². The van der Waals surface area contributed by atoms with Gasteiger partial charge in [0.1, 0.15) is 0 Å².